The maximum absolute atomic E-state index is 7.05. The van der Waals surface area contributed by atoms with Gasteiger partial charge in [-0.25, -0.2) is 9.97 Å². The van der Waals surface area contributed by atoms with Gasteiger partial charge in [0.05, 0.1) is 11.4 Å². The molecule has 7 aromatic carbocycles. The van der Waals surface area contributed by atoms with E-state index in [0.29, 0.717) is 0 Å². The molecule has 0 N–H and O–H groups in total. The number of benzene rings is 7. The molecule has 3 heteroatoms. The molecule has 0 fully saturated rings. The van der Waals surface area contributed by atoms with Crippen molar-refractivity contribution in [1.82, 2.24) is 9.97 Å². The van der Waals surface area contributed by atoms with Gasteiger partial charge in [-0.1, -0.05) is 170 Å². The number of rotatable bonds is 6. The minimum atomic E-state index is -0.0144. The highest BCUT2D eigenvalue weighted by atomic mass is 16.3. The van der Waals surface area contributed by atoms with E-state index in [9.17, 15) is 0 Å². The standard InChI is InChI=1S/C53H36N2O/c1-5-15-34(16-6-1)38-27-29-40-41-30-28-39(35-17-7-2-8-18-35)32-46(41)50(45(40)31-38)43-24-13-25-44-51-42(23-14-26-49(51)56-52(43)44)48-33-47(36-19-9-3-10-20-36)54-53(55-48)37-21-11-4-12-22-37/h1-22,24-33,42,50H,23H2. The van der Waals surface area contributed by atoms with Crippen LogP contribution < -0.4 is 0 Å². The number of allylic oxidation sites excluding steroid dienone is 1. The molecule has 56 heavy (non-hydrogen) atoms. The van der Waals surface area contributed by atoms with Crippen LogP contribution >= 0.6 is 0 Å². The first kappa shape index (κ1) is 32.3. The van der Waals surface area contributed by atoms with Crippen LogP contribution in [0.1, 0.15) is 52.0 Å². The Labute approximate surface area is 326 Å². The zero-order chi connectivity index (χ0) is 37.0. The lowest BCUT2D eigenvalue weighted by Crippen LogP contribution is -2.08. The van der Waals surface area contributed by atoms with Crippen LogP contribution in [0, 0.1) is 0 Å². The van der Waals surface area contributed by atoms with Gasteiger partial charge in [0.1, 0.15) is 11.3 Å². The first-order valence-electron chi connectivity index (χ1n) is 19.4. The molecule has 0 aliphatic heterocycles. The lowest BCUT2D eigenvalue weighted by Gasteiger charge is -2.20. The molecule has 0 saturated carbocycles. The highest BCUT2D eigenvalue weighted by Crippen LogP contribution is 2.53. The Balaban J connectivity index is 1.10. The Bertz CT molecular complexity index is 2780. The van der Waals surface area contributed by atoms with Crippen molar-refractivity contribution in [3.8, 4) is 56.0 Å². The number of hydrogen-bond donors (Lipinski definition) is 0. The average molecular weight is 717 g/mol. The van der Waals surface area contributed by atoms with Crippen molar-refractivity contribution in [3.63, 3.8) is 0 Å². The summed E-state index contributed by atoms with van der Waals surface area (Å²) in [6.07, 6.45) is 5.21. The molecule has 0 bridgehead atoms. The zero-order valence-electron chi connectivity index (χ0n) is 30.6. The second-order valence-electron chi connectivity index (χ2n) is 14.8. The van der Waals surface area contributed by atoms with Gasteiger partial charge >= 0.3 is 0 Å². The maximum Gasteiger partial charge on any atom is 0.160 e. The second kappa shape index (κ2) is 13.3. The van der Waals surface area contributed by atoms with Crippen LogP contribution in [0.3, 0.4) is 0 Å². The largest absolute Gasteiger partial charge is 0.456 e. The smallest absolute Gasteiger partial charge is 0.160 e. The average Bonchev–Trinajstić information content (AvgIpc) is 3.83. The molecule has 2 aliphatic carbocycles. The third-order valence-corrected chi connectivity index (χ3v) is 11.5. The third-order valence-electron chi connectivity index (χ3n) is 11.5. The van der Waals surface area contributed by atoms with Crippen molar-refractivity contribution in [2.45, 2.75) is 18.3 Å². The van der Waals surface area contributed by atoms with Gasteiger partial charge < -0.3 is 4.42 Å². The molecule has 0 saturated heterocycles. The summed E-state index contributed by atoms with van der Waals surface area (Å²) in [5.41, 5.74) is 17.3. The first-order valence-corrected chi connectivity index (χ1v) is 19.4. The Hall–Kier alpha value is -7.10. The van der Waals surface area contributed by atoms with Gasteiger partial charge in [0.2, 0.25) is 0 Å². The molecule has 2 heterocycles. The molecule has 0 amide bonds. The minimum Gasteiger partial charge on any atom is -0.456 e. The molecule has 264 valence electrons. The number of furan rings is 1. The Morgan fingerprint density at radius 3 is 1.64 bits per heavy atom. The van der Waals surface area contributed by atoms with E-state index in [-0.39, 0.29) is 11.8 Å². The van der Waals surface area contributed by atoms with Crippen LogP contribution in [0.4, 0.5) is 0 Å². The summed E-state index contributed by atoms with van der Waals surface area (Å²) in [5.74, 6) is 1.62. The molecule has 9 aromatic rings. The summed E-state index contributed by atoms with van der Waals surface area (Å²) in [6, 6.07) is 65.0. The third kappa shape index (κ3) is 5.43. The molecule has 11 rings (SSSR count). The fourth-order valence-electron chi connectivity index (χ4n) is 8.92. The van der Waals surface area contributed by atoms with Crippen molar-refractivity contribution in [1.29, 1.82) is 0 Å². The summed E-state index contributed by atoms with van der Waals surface area (Å²) in [7, 11) is 0. The normalized spacial score (nSPS) is 14.4. The van der Waals surface area contributed by atoms with Crippen molar-refractivity contribution >= 4 is 17.0 Å². The molecule has 3 nitrogen and oxygen atoms in total. The summed E-state index contributed by atoms with van der Waals surface area (Å²) in [4.78, 5) is 10.4. The Morgan fingerprint density at radius 1 is 0.464 bits per heavy atom. The zero-order valence-corrected chi connectivity index (χ0v) is 30.6. The quantitative estimate of drug-likeness (QED) is 0.172. The first-order chi connectivity index (χ1) is 27.8. The topological polar surface area (TPSA) is 38.9 Å². The molecule has 1 unspecified atom stereocenters. The van der Waals surface area contributed by atoms with Gasteiger partial charge in [-0.15, -0.1) is 0 Å². The van der Waals surface area contributed by atoms with E-state index >= 15 is 0 Å². The van der Waals surface area contributed by atoms with Gasteiger partial charge in [0.15, 0.2) is 5.82 Å². The van der Waals surface area contributed by atoms with Crippen LogP contribution in [0.5, 0.6) is 0 Å². The van der Waals surface area contributed by atoms with Crippen molar-refractivity contribution in [3.05, 3.63) is 222 Å². The summed E-state index contributed by atoms with van der Waals surface area (Å²) in [6.45, 7) is 0. The van der Waals surface area contributed by atoms with E-state index in [1.807, 2.05) is 24.3 Å². The number of fused-ring (bicyclic) bond motifs is 6. The maximum atomic E-state index is 7.05. The van der Waals surface area contributed by atoms with Gasteiger partial charge in [-0.05, 0) is 75.2 Å². The van der Waals surface area contributed by atoms with Gasteiger partial charge in [-0.2, -0.15) is 0 Å². The van der Waals surface area contributed by atoms with E-state index in [2.05, 4.69) is 170 Å². The number of hydrogen-bond acceptors (Lipinski definition) is 3. The van der Waals surface area contributed by atoms with E-state index in [1.54, 1.807) is 0 Å². The summed E-state index contributed by atoms with van der Waals surface area (Å²) in [5, 5.41) is 1.14. The molecule has 1 atom stereocenters. The SMILES string of the molecule is C1=Cc2oc3c(C4c5cc(-c6ccccc6)ccc5-c5ccc(-c6ccccc6)cc54)cccc3c2C(c2cc(-c3ccccc3)nc(-c3ccccc3)n2)C1. The fourth-order valence-corrected chi connectivity index (χ4v) is 8.92. The van der Waals surface area contributed by atoms with Gasteiger partial charge in [0.25, 0.3) is 0 Å². The van der Waals surface area contributed by atoms with Crippen LogP contribution in [0.15, 0.2) is 192 Å². The predicted molar refractivity (Wildman–Crippen MR) is 228 cm³/mol. The van der Waals surface area contributed by atoms with Crippen LogP contribution in [0.2, 0.25) is 0 Å². The lowest BCUT2D eigenvalue weighted by molar-refractivity contribution is 0.584. The fraction of sp³-hybridized carbons (Fsp3) is 0.0566. The highest BCUT2D eigenvalue weighted by Gasteiger charge is 2.35. The van der Waals surface area contributed by atoms with Crippen LogP contribution in [0.25, 0.3) is 73.1 Å². The molecular weight excluding hydrogens is 681 g/mol. The number of para-hydroxylation sites is 1. The lowest BCUT2D eigenvalue weighted by atomic mass is 9.83. The van der Waals surface area contributed by atoms with E-state index in [4.69, 9.17) is 14.4 Å². The van der Waals surface area contributed by atoms with Crippen LogP contribution in [-0.4, -0.2) is 9.97 Å². The molecular formula is C53H36N2O. The summed E-state index contributed by atoms with van der Waals surface area (Å²) >= 11 is 0. The Kier molecular flexibility index (Phi) is 7.70. The highest BCUT2D eigenvalue weighted by molar-refractivity contribution is 5.93. The number of nitrogens with zero attached hydrogens (tertiary/aromatic N) is 2. The van der Waals surface area contributed by atoms with Gasteiger partial charge in [-0.3, -0.25) is 0 Å². The van der Waals surface area contributed by atoms with E-state index in [1.165, 1.54) is 55.6 Å². The van der Waals surface area contributed by atoms with Crippen molar-refractivity contribution in [2.24, 2.45) is 0 Å². The minimum absolute atomic E-state index is 0.00283. The molecule has 2 aromatic heterocycles. The molecule has 0 spiro atoms. The second-order valence-corrected chi connectivity index (χ2v) is 14.8. The Morgan fingerprint density at radius 2 is 1.04 bits per heavy atom. The van der Waals surface area contributed by atoms with Crippen molar-refractivity contribution < 1.29 is 4.42 Å². The molecule has 2 aliphatic rings. The summed E-state index contributed by atoms with van der Waals surface area (Å²) < 4.78 is 7.05. The molecule has 0 radical (unpaired) electrons. The van der Waals surface area contributed by atoms with Crippen LogP contribution in [-0.2, 0) is 0 Å². The van der Waals surface area contributed by atoms with E-state index in [0.717, 1.165) is 51.5 Å². The monoisotopic (exact) mass is 716 g/mol. The predicted octanol–water partition coefficient (Wildman–Crippen LogP) is 13.6. The van der Waals surface area contributed by atoms with E-state index < -0.39 is 0 Å². The van der Waals surface area contributed by atoms with Gasteiger partial charge in [0, 0.05) is 39.5 Å². The number of aromatic nitrogens is 2. The van der Waals surface area contributed by atoms with Crippen molar-refractivity contribution in [2.75, 3.05) is 0 Å².